The molecule has 0 aromatic carbocycles. The van der Waals surface area contributed by atoms with Gasteiger partial charge in [0.15, 0.2) is 0 Å². The van der Waals surface area contributed by atoms with Crippen LogP contribution in [0.4, 0.5) is 0 Å². The summed E-state index contributed by atoms with van der Waals surface area (Å²) in [6.45, 7) is 2.17. The third-order valence-electron chi connectivity index (χ3n) is 3.52. The molecule has 0 aromatic heterocycles. The van der Waals surface area contributed by atoms with Crippen LogP contribution >= 0.6 is 15.6 Å². The van der Waals surface area contributed by atoms with Crippen LogP contribution in [0.15, 0.2) is 0 Å². The fourth-order valence-corrected chi connectivity index (χ4v) is 4.21. The molecule has 0 radical (unpaired) electrons. The highest BCUT2D eigenvalue weighted by atomic mass is 31.2. The van der Waals surface area contributed by atoms with Crippen LogP contribution in [-0.4, -0.2) is 61.1 Å². The largest absolute Gasteiger partial charge is 0.756 e. The van der Waals surface area contributed by atoms with Crippen LogP contribution in [0.1, 0.15) is 39.5 Å². The molecule has 0 spiro atoms. The molecule has 0 aliphatic carbocycles. The van der Waals surface area contributed by atoms with Crippen molar-refractivity contribution in [3.63, 3.8) is 0 Å². The molecule has 1 fully saturated rings. The van der Waals surface area contributed by atoms with Gasteiger partial charge in [-0.2, -0.15) is 0 Å². The molecule has 0 aromatic rings. The summed E-state index contributed by atoms with van der Waals surface area (Å²) in [7, 11) is -9.33. The van der Waals surface area contributed by atoms with Gasteiger partial charge in [0.05, 0.1) is 25.9 Å². The summed E-state index contributed by atoms with van der Waals surface area (Å²) in [4.78, 5) is 23.5. The minimum Gasteiger partial charge on any atom is -0.756 e. The Morgan fingerprint density at radius 2 is 1.78 bits per heavy atom. The summed E-state index contributed by atoms with van der Waals surface area (Å²) in [5.74, 6) is 0. The lowest BCUT2D eigenvalue weighted by Crippen LogP contribution is -2.37. The molecule has 13 heteroatoms. The Hall–Kier alpha value is 0.1000. The lowest BCUT2D eigenvalue weighted by Gasteiger charge is -2.31. The van der Waals surface area contributed by atoms with Gasteiger partial charge < -0.3 is 42.8 Å². The summed E-state index contributed by atoms with van der Waals surface area (Å²) in [5, 5.41) is 18.5. The molecule has 11 nitrogen and oxygen atoms in total. The standard InChI is InChI=1S/C14H30O11P2/c1-11(2)24-27(19,20)23-10-13-14(12(16)9-21-13)25-26(17,18)22-8-6-4-3-5-7-15/h11-16H,3-10H2,1-2H3,(H,17,18)(H,19,20)/p-2/t12-,13+,14-/m0/s1. The first-order valence-electron chi connectivity index (χ1n) is 8.75. The van der Waals surface area contributed by atoms with Crippen LogP contribution in [0.25, 0.3) is 0 Å². The van der Waals surface area contributed by atoms with Crippen molar-refractivity contribution in [2.24, 2.45) is 0 Å². The smallest absolute Gasteiger partial charge is 0.268 e. The molecule has 1 aliphatic rings. The van der Waals surface area contributed by atoms with Crippen molar-refractivity contribution < 1.29 is 52.0 Å². The van der Waals surface area contributed by atoms with Gasteiger partial charge in [-0.15, -0.1) is 0 Å². The number of hydrogen-bond acceptors (Lipinski definition) is 11. The number of aliphatic hydroxyl groups is 2. The van der Waals surface area contributed by atoms with E-state index in [4.69, 9.17) is 18.9 Å². The van der Waals surface area contributed by atoms with Gasteiger partial charge in [-0.1, -0.05) is 12.8 Å². The number of hydrogen-bond donors (Lipinski definition) is 2. The van der Waals surface area contributed by atoms with E-state index >= 15 is 0 Å². The van der Waals surface area contributed by atoms with Crippen molar-refractivity contribution in [3.05, 3.63) is 0 Å². The Balaban J connectivity index is 2.47. The normalized spacial score (nSPS) is 27.6. The Morgan fingerprint density at radius 3 is 2.41 bits per heavy atom. The predicted octanol–water partition coefficient (Wildman–Crippen LogP) is 0.0790. The molecule has 1 aliphatic heterocycles. The maximum absolute atomic E-state index is 11.9. The van der Waals surface area contributed by atoms with E-state index in [0.717, 1.165) is 6.42 Å². The molecule has 2 unspecified atom stereocenters. The van der Waals surface area contributed by atoms with Gasteiger partial charge in [-0.3, -0.25) is 9.13 Å². The summed E-state index contributed by atoms with van der Waals surface area (Å²) < 4.78 is 47.5. The van der Waals surface area contributed by atoms with E-state index in [1.54, 1.807) is 0 Å². The van der Waals surface area contributed by atoms with Crippen LogP contribution in [0.3, 0.4) is 0 Å². The molecular formula is C14H28O11P2-2. The number of unbranched alkanes of at least 4 members (excludes halogenated alkanes) is 3. The van der Waals surface area contributed by atoms with Crippen molar-refractivity contribution in [1.82, 2.24) is 0 Å². The number of ether oxygens (including phenoxy) is 1. The second kappa shape index (κ2) is 11.9. The first-order valence-corrected chi connectivity index (χ1v) is 11.7. The first kappa shape index (κ1) is 25.1. The van der Waals surface area contributed by atoms with Crippen molar-refractivity contribution >= 4 is 15.6 Å². The van der Waals surface area contributed by atoms with Crippen LogP contribution in [-0.2, 0) is 32.0 Å². The Morgan fingerprint density at radius 1 is 1.11 bits per heavy atom. The third-order valence-corrected chi connectivity index (χ3v) is 5.66. The Kier molecular flexibility index (Phi) is 11.1. The van der Waals surface area contributed by atoms with E-state index in [2.05, 4.69) is 9.05 Å². The molecule has 27 heavy (non-hydrogen) atoms. The maximum Gasteiger partial charge on any atom is 0.268 e. The molecule has 0 saturated carbocycles. The van der Waals surface area contributed by atoms with Gasteiger partial charge in [0, 0.05) is 6.61 Å². The lowest BCUT2D eigenvalue weighted by molar-refractivity contribution is -0.236. The van der Waals surface area contributed by atoms with E-state index < -0.39 is 46.7 Å². The van der Waals surface area contributed by atoms with E-state index in [1.807, 2.05) is 0 Å². The number of phosphoric acid groups is 2. The first-order chi connectivity index (χ1) is 12.6. The van der Waals surface area contributed by atoms with Crippen molar-refractivity contribution in [1.29, 1.82) is 0 Å². The quantitative estimate of drug-likeness (QED) is 0.281. The summed E-state index contributed by atoms with van der Waals surface area (Å²) in [5.41, 5.74) is 0. The third kappa shape index (κ3) is 10.4. The Labute approximate surface area is 158 Å². The fourth-order valence-electron chi connectivity index (χ4n) is 2.32. The molecule has 2 N–H and O–H groups in total. The van der Waals surface area contributed by atoms with Crippen molar-refractivity contribution in [2.45, 2.75) is 63.9 Å². The van der Waals surface area contributed by atoms with Crippen LogP contribution < -0.4 is 9.79 Å². The zero-order valence-electron chi connectivity index (χ0n) is 15.4. The zero-order valence-corrected chi connectivity index (χ0v) is 17.2. The maximum atomic E-state index is 11.9. The predicted molar refractivity (Wildman–Crippen MR) is 89.5 cm³/mol. The van der Waals surface area contributed by atoms with E-state index in [0.29, 0.717) is 19.3 Å². The Bertz CT molecular complexity index is 515. The molecule has 1 rings (SSSR count). The molecule has 1 heterocycles. The zero-order chi connectivity index (χ0) is 20.5. The lowest BCUT2D eigenvalue weighted by atomic mass is 10.2. The minimum absolute atomic E-state index is 0.0749. The molecule has 0 bridgehead atoms. The van der Waals surface area contributed by atoms with Gasteiger partial charge in [-0.05, 0) is 26.7 Å². The summed E-state index contributed by atoms with van der Waals surface area (Å²) in [6, 6.07) is 0. The van der Waals surface area contributed by atoms with Gasteiger partial charge in [-0.25, -0.2) is 0 Å². The van der Waals surface area contributed by atoms with Crippen LogP contribution in [0.2, 0.25) is 0 Å². The van der Waals surface area contributed by atoms with Gasteiger partial charge in [0.25, 0.3) is 15.6 Å². The summed E-state index contributed by atoms with van der Waals surface area (Å²) >= 11 is 0. The SMILES string of the molecule is CC(C)OP(=O)([O-])OC[C@H]1OC[C@H](O)[C@@H]1OP(=O)([O-])OCCCCCCO. The van der Waals surface area contributed by atoms with Gasteiger partial charge in [0.1, 0.15) is 18.3 Å². The monoisotopic (exact) mass is 434 g/mol. The van der Waals surface area contributed by atoms with Crippen LogP contribution in [0.5, 0.6) is 0 Å². The van der Waals surface area contributed by atoms with E-state index in [-0.39, 0.29) is 19.8 Å². The van der Waals surface area contributed by atoms with Crippen LogP contribution in [0, 0.1) is 0 Å². The average Bonchev–Trinajstić information content (AvgIpc) is 2.87. The van der Waals surface area contributed by atoms with Gasteiger partial charge >= 0.3 is 0 Å². The highest BCUT2D eigenvalue weighted by molar-refractivity contribution is 7.46. The van der Waals surface area contributed by atoms with E-state index in [1.165, 1.54) is 13.8 Å². The molecule has 5 atom stereocenters. The number of phosphoric ester groups is 2. The highest BCUT2D eigenvalue weighted by Crippen LogP contribution is 2.44. The topological polar surface area (TPSA) is 167 Å². The fraction of sp³-hybridized carbons (Fsp3) is 1.00. The number of rotatable bonds is 14. The summed E-state index contributed by atoms with van der Waals surface area (Å²) in [6.07, 6.45) is -1.89. The second-order valence-electron chi connectivity index (χ2n) is 6.32. The van der Waals surface area contributed by atoms with Gasteiger partial charge in [0.2, 0.25) is 0 Å². The molecule has 162 valence electrons. The van der Waals surface area contributed by atoms with Crippen molar-refractivity contribution in [2.75, 3.05) is 26.4 Å². The minimum atomic E-state index is -4.73. The molecule has 0 amide bonds. The van der Waals surface area contributed by atoms with Crippen molar-refractivity contribution in [3.8, 4) is 0 Å². The molecular weight excluding hydrogens is 406 g/mol. The average molecular weight is 434 g/mol. The highest BCUT2D eigenvalue weighted by Gasteiger charge is 2.40. The number of aliphatic hydroxyl groups excluding tert-OH is 2. The second-order valence-corrected chi connectivity index (χ2v) is 9.05. The van der Waals surface area contributed by atoms with E-state index in [9.17, 15) is 24.0 Å². The molecule has 1 saturated heterocycles.